The number of fused-ring (bicyclic) bond motifs is 5. The summed E-state index contributed by atoms with van der Waals surface area (Å²) in [6.07, 6.45) is -1.30. The molecule has 8 atom stereocenters. The topological polar surface area (TPSA) is 80.9 Å². The quantitative estimate of drug-likeness (QED) is 0.392. The molecule has 0 saturated heterocycles. The third kappa shape index (κ3) is 0.877. The zero-order valence-electron chi connectivity index (χ0n) is 7.82. The van der Waals surface area contributed by atoms with Gasteiger partial charge in [0.1, 0.15) is 0 Å². The van der Waals surface area contributed by atoms with Gasteiger partial charge in [0.25, 0.3) is 0 Å². The fourth-order valence-electron chi connectivity index (χ4n) is 4.03. The molecular weight excluding hydrogens is 184 g/mol. The van der Waals surface area contributed by atoms with E-state index in [2.05, 4.69) is 0 Å². The van der Waals surface area contributed by atoms with Gasteiger partial charge >= 0.3 is 0 Å². The molecule has 0 amide bonds. The predicted octanol–water partition coefficient (Wildman–Crippen LogP) is -1.28. The van der Waals surface area contributed by atoms with E-state index in [4.69, 9.17) is 0 Å². The van der Waals surface area contributed by atoms with Gasteiger partial charge in [-0.05, 0) is 36.5 Å². The summed E-state index contributed by atoms with van der Waals surface area (Å²) in [5.74, 6) is 0.302. The average Bonchev–Trinajstić information content (AvgIpc) is 2.72. The van der Waals surface area contributed by atoms with Crippen molar-refractivity contribution in [3.8, 4) is 0 Å². The Hall–Kier alpha value is -0.160. The van der Waals surface area contributed by atoms with Gasteiger partial charge in [0.2, 0.25) is 0 Å². The maximum atomic E-state index is 9.75. The van der Waals surface area contributed by atoms with Crippen LogP contribution in [0.2, 0.25) is 0 Å². The maximum Gasteiger partial charge on any atom is 0.0833 e. The summed E-state index contributed by atoms with van der Waals surface area (Å²) in [5.41, 5.74) is 0. The van der Waals surface area contributed by atoms with Gasteiger partial charge < -0.3 is 20.4 Å². The third-order valence-corrected chi connectivity index (χ3v) is 4.61. The highest BCUT2D eigenvalue weighted by Gasteiger charge is 2.63. The minimum Gasteiger partial charge on any atom is -0.390 e. The van der Waals surface area contributed by atoms with Gasteiger partial charge in [0.05, 0.1) is 24.4 Å². The maximum absolute atomic E-state index is 9.75. The lowest BCUT2D eigenvalue weighted by atomic mass is 9.78. The number of aliphatic hydroxyl groups is 4. The van der Waals surface area contributed by atoms with Gasteiger partial charge in [-0.15, -0.1) is 0 Å². The van der Waals surface area contributed by atoms with E-state index in [0.29, 0.717) is 6.42 Å². The van der Waals surface area contributed by atoms with Gasteiger partial charge in [-0.3, -0.25) is 0 Å². The average molecular weight is 200 g/mol. The molecule has 0 heterocycles. The summed E-state index contributed by atoms with van der Waals surface area (Å²) in [4.78, 5) is 0. The molecule has 3 aliphatic carbocycles. The molecule has 0 aromatic carbocycles. The Morgan fingerprint density at radius 3 is 2.00 bits per heavy atom. The molecule has 80 valence electrons. The van der Waals surface area contributed by atoms with Crippen molar-refractivity contribution >= 4 is 0 Å². The normalized spacial score (nSPS) is 66.0. The molecule has 4 heteroatoms. The highest BCUT2D eigenvalue weighted by atomic mass is 16.3. The molecule has 3 rings (SSSR count). The van der Waals surface area contributed by atoms with Crippen molar-refractivity contribution < 1.29 is 20.4 Å². The molecule has 3 fully saturated rings. The van der Waals surface area contributed by atoms with Crippen molar-refractivity contribution in [3.05, 3.63) is 0 Å². The third-order valence-electron chi connectivity index (χ3n) is 4.61. The van der Waals surface area contributed by atoms with Crippen LogP contribution in [0.25, 0.3) is 0 Å². The van der Waals surface area contributed by atoms with E-state index in [-0.39, 0.29) is 23.7 Å². The van der Waals surface area contributed by atoms with E-state index in [1.54, 1.807) is 0 Å². The van der Waals surface area contributed by atoms with Crippen LogP contribution < -0.4 is 0 Å². The molecule has 0 aromatic heterocycles. The van der Waals surface area contributed by atoms with Gasteiger partial charge in [0.15, 0.2) is 0 Å². The van der Waals surface area contributed by atoms with Crippen LogP contribution in [0.1, 0.15) is 12.8 Å². The molecule has 0 aromatic rings. The molecule has 0 unspecified atom stereocenters. The van der Waals surface area contributed by atoms with Gasteiger partial charge in [-0.2, -0.15) is 0 Å². The number of hydrogen-bond acceptors (Lipinski definition) is 4. The second-order valence-corrected chi connectivity index (χ2v) is 5.08. The first kappa shape index (κ1) is 9.09. The first-order chi connectivity index (χ1) is 6.61. The Morgan fingerprint density at radius 1 is 0.643 bits per heavy atom. The van der Waals surface area contributed by atoms with Gasteiger partial charge in [0, 0.05) is 0 Å². The van der Waals surface area contributed by atoms with E-state index in [1.807, 2.05) is 0 Å². The molecule has 0 radical (unpaired) electrons. The summed E-state index contributed by atoms with van der Waals surface area (Å²) in [6, 6.07) is 0. The lowest BCUT2D eigenvalue weighted by Crippen LogP contribution is -2.43. The molecular formula is C10H16O4. The van der Waals surface area contributed by atoms with Crippen molar-refractivity contribution in [2.45, 2.75) is 37.3 Å². The molecule has 3 saturated carbocycles. The Balaban J connectivity index is 1.91. The summed E-state index contributed by atoms with van der Waals surface area (Å²) in [7, 11) is 0. The molecule has 4 N–H and O–H groups in total. The monoisotopic (exact) mass is 200 g/mol. The van der Waals surface area contributed by atoms with Gasteiger partial charge in [-0.1, -0.05) is 0 Å². The van der Waals surface area contributed by atoms with E-state index >= 15 is 0 Å². The second-order valence-electron chi connectivity index (χ2n) is 5.08. The van der Waals surface area contributed by atoms with Crippen LogP contribution in [-0.4, -0.2) is 44.8 Å². The van der Waals surface area contributed by atoms with E-state index in [1.165, 1.54) is 0 Å². The molecule has 2 bridgehead atoms. The highest BCUT2D eigenvalue weighted by molar-refractivity contribution is 5.12. The fourth-order valence-corrected chi connectivity index (χ4v) is 4.03. The van der Waals surface area contributed by atoms with Crippen molar-refractivity contribution in [1.29, 1.82) is 0 Å². The lowest BCUT2D eigenvalue weighted by Gasteiger charge is -2.33. The molecule has 14 heavy (non-hydrogen) atoms. The Labute approximate surface area is 82.2 Å². The molecule has 3 aliphatic rings. The van der Waals surface area contributed by atoms with Crippen LogP contribution >= 0.6 is 0 Å². The Morgan fingerprint density at radius 2 is 1.29 bits per heavy atom. The highest BCUT2D eigenvalue weighted by Crippen LogP contribution is 2.58. The lowest BCUT2D eigenvalue weighted by molar-refractivity contribution is -0.0719. The van der Waals surface area contributed by atoms with Crippen molar-refractivity contribution in [2.75, 3.05) is 0 Å². The van der Waals surface area contributed by atoms with E-state index in [0.717, 1.165) is 6.42 Å². The van der Waals surface area contributed by atoms with Crippen molar-refractivity contribution in [1.82, 2.24) is 0 Å². The van der Waals surface area contributed by atoms with Crippen LogP contribution in [0.5, 0.6) is 0 Å². The Kier molecular flexibility index (Phi) is 1.75. The molecule has 0 spiro atoms. The minimum absolute atomic E-state index is 0.00727. The van der Waals surface area contributed by atoms with Crippen LogP contribution in [0.4, 0.5) is 0 Å². The van der Waals surface area contributed by atoms with Crippen LogP contribution in [0.3, 0.4) is 0 Å². The van der Waals surface area contributed by atoms with Crippen molar-refractivity contribution in [3.63, 3.8) is 0 Å². The summed E-state index contributed by atoms with van der Waals surface area (Å²) < 4.78 is 0. The first-order valence-corrected chi connectivity index (χ1v) is 5.33. The van der Waals surface area contributed by atoms with Crippen LogP contribution in [0.15, 0.2) is 0 Å². The minimum atomic E-state index is -0.697. The standard InChI is InChI=1S/C10H16O4/c11-6-2-3-4-1-5(7(3)10(6)14)9(13)8(4)12/h3-14H,1-2H2/t3-,4-,5+,6+,7-,8-,9+,10+/m1/s1. The molecule has 0 aliphatic heterocycles. The Bertz CT molecular complexity index is 253. The first-order valence-electron chi connectivity index (χ1n) is 5.33. The van der Waals surface area contributed by atoms with Crippen LogP contribution in [0, 0.1) is 23.7 Å². The van der Waals surface area contributed by atoms with E-state index in [9.17, 15) is 20.4 Å². The smallest absolute Gasteiger partial charge is 0.0833 e. The van der Waals surface area contributed by atoms with Crippen LogP contribution in [-0.2, 0) is 0 Å². The zero-order valence-corrected chi connectivity index (χ0v) is 7.82. The summed E-state index contributed by atoms with van der Waals surface area (Å²) in [6.45, 7) is 0. The fraction of sp³-hybridized carbons (Fsp3) is 1.00. The van der Waals surface area contributed by atoms with Crippen molar-refractivity contribution in [2.24, 2.45) is 23.7 Å². The number of hydrogen-bond donors (Lipinski definition) is 4. The zero-order chi connectivity index (χ0) is 10.0. The summed E-state index contributed by atoms with van der Waals surface area (Å²) in [5, 5.41) is 38.7. The predicted molar refractivity (Wildman–Crippen MR) is 47.2 cm³/mol. The van der Waals surface area contributed by atoms with Gasteiger partial charge in [-0.25, -0.2) is 0 Å². The largest absolute Gasteiger partial charge is 0.390 e. The molecule has 4 nitrogen and oxygen atoms in total. The summed E-state index contributed by atoms with van der Waals surface area (Å²) >= 11 is 0. The number of aliphatic hydroxyl groups excluding tert-OH is 4. The van der Waals surface area contributed by atoms with E-state index < -0.39 is 24.4 Å². The SMILES string of the molecule is O[C@@H]1[C@H](O)[C@@H]2C[C@H]1[C@@H]1[C@@H](O)[C@@H](O)C[C@H]21. The second kappa shape index (κ2) is 2.70. The number of rotatable bonds is 0.